The van der Waals surface area contributed by atoms with Crippen LogP contribution in [0.5, 0.6) is 5.75 Å². The van der Waals surface area contributed by atoms with E-state index in [0.29, 0.717) is 24.2 Å². The first-order valence-electron chi connectivity index (χ1n) is 10.5. The summed E-state index contributed by atoms with van der Waals surface area (Å²) in [6.07, 6.45) is 0.748. The van der Waals surface area contributed by atoms with Crippen molar-refractivity contribution >= 4 is 21.4 Å². The number of hydrogen-bond donors (Lipinski definition) is 4. The predicted octanol–water partition coefficient (Wildman–Crippen LogP) is 2.02. The van der Waals surface area contributed by atoms with Gasteiger partial charge in [0.25, 0.3) is 0 Å². The van der Waals surface area contributed by atoms with Crippen molar-refractivity contribution in [2.24, 2.45) is 5.73 Å². The fourth-order valence-corrected chi connectivity index (χ4v) is 4.92. The molecule has 178 valence electrons. The molecule has 1 fully saturated rings. The van der Waals surface area contributed by atoms with Crippen molar-refractivity contribution in [2.45, 2.75) is 49.5 Å². The number of aliphatic hydroxyl groups is 1. The fourth-order valence-electron chi connectivity index (χ4n) is 4.16. The van der Waals surface area contributed by atoms with Gasteiger partial charge in [-0.25, -0.2) is 4.79 Å². The lowest BCUT2D eigenvalue weighted by Crippen LogP contribution is -2.72. The second-order valence-corrected chi connectivity index (χ2v) is 8.89. The van der Waals surface area contributed by atoms with Gasteiger partial charge in [0, 0.05) is 6.42 Å². The van der Waals surface area contributed by atoms with Gasteiger partial charge in [0.1, 0.15) is 11.4 Å². The summed E-state index contributed by atoms with van der Waals surface area (Å²) < 4.78 is 35.9. The van der Waals surface area contributed by atoms with Gasteiger partial charge in [-0.2, -0.15) is 8.42 Å². The monoisotopic (exact) mass is 476 g/mol. The third-order valence-corrected chi connectivity index (χ3v) is 6.53. The van der Waals surface area contributed by atoms with E-state index in [0.717, 1.165) is 12.8 Å². The number of benzene rings is 2. The quantitative estimate of drug-likeness (QED) is 0.334. The van der Waals surface area contributed by atoms with Gasteiger partial charge in [-0.15, -0.1) is 0 Å². The Hall–Kier alpha value is -2.92. The molecule has 33 heavy (non-hydrogen) atoms. The van der Waals surface area contributed by atoms with Gasteiger partial charge in [0.15, 0.2) is 5.60 Å². The first-order chi connectivity index (χ1) is 15.7. The van der Waals surface area contributed by atoms with Crippen LogP contribution >= 0.6 is 0 Å². The molecule has 3 rings (SSSR count). The minimum atomic E-state index is -3.05. The number of carbonyl (C=O) groups is 1. The molecule has 0 unspecified atom stereocenters. The summed E-state index contributed by atoms with van der Waals surface area (Å²) in [6.45, 7) is 0. The van der Waals surface area contributed by atoms with Crippen LogP contribution in [0, 0.1) is 0 Å². The van der Waals surface area contributed by atoms with Crippen LogP contribution in [0.25, 0.3) is 0 Å². The topological polar surface area (TPSA) is 148 Å². The molecule has 2 aromatic rings. The Morgan fingerprint density at radius 3 is 2.24 bits per heavy atom. The summed E-state index contributed by atoms with van der Waals surface area (Å²) >= 11 is 0. The maximum Gasteiger partial charge on any atom is 0.406 e. The van der Waals surface area contributed by atoms with Gasteiger partial charge in [-0.05, 0) is 36.1 Å². The van der Waals surface area contributed by atoms with E-state index < -0.39 is 38.8 Å². The van der Waals surface area contributed by atoms with E-state index in [4.69, 9.17) is 15.2 Å². The van der Waals surface area contributed by atoms with Gasteiger partial charge >= 0.3 is 6.09 Å². The van der Waals surface area contributed by atoms with Crippen molar-refractivity contribution in [1.82, 2.24) is 5.32 Å². The molecule has 2 aromatic carbocycles. The van der Waals surface area contributed by atoms with Crippen molar-refractivity contribution in [2.75, 3.05) is 7.11 Å². The lowest BCUT2D eigenvalue weighted by Gasteiger charge is -2.44. The van der Waals surface area contributed by atoms with E-state index >= 15 is 0 Å². The molecule has 0 bridgehead atoms. The average molecular weight is 477 g/mol. The van der Waals surface area contributed by atoms with Crippen molar-refractivity contribution in [3.05, 3.63) is 65.7 Å². The highest BCUT2D eigenvalue weighted by atomic mass is 32.2. The molecule has 10 heteroatoms. The van der Waals surface area contributed by atoms with E-state index in [1.165, 1.54) is 31.4 Å². The van der Waals surface area contributed by atoms with Crippen LogP contribution in [-0.4, -0.2) is 48.7 Å². The molecule has 5 N–H and O–H groups in total. The summed E-state index contributed by atoms with van der Waals surface area (Å²) in [5.41, 5.74) is 2.42. The van der Waals surface area contributed by atoms with Gasteiger partial charge in [-0.1, -0.05) is 55.3 Å². The van der Waals surface area contributed by atoms with Crippen LogP contribution in [0.2, 0.25) is 0 Å². The van der Waals surface area contributed by atoms with Gasteiger partial charge in [0.2, 0.25) is 15.3 Å². The lowest BCUT2D eigenvalue weighted by molar-refractivity contribution is -0.0174. The Morgan fingerprint density at radius 2 is 1.73 bits per heavy atom. The molecule has 0 heterocycles. The predicted molar refractivity (Wildman–Crippen MR) is 122 cm³/mol. The Labute approximate surface area is 193 Å². The smallest absolute Gasteiger partial charge is 0.406 e. The number of hydrogen-bond acceptors (Lipinski definition) is 7. The number of methoxy groups -OCH3 is 1. The normalized spacial score (nSPS) is 17.5. The summed E-state index contributed by atoms with van der Waals surface area (Å²) in [4.78, 5) is 11.8. The SMILES string of the molecule is COc1ccc([C@](O)(C(OC2CCCC2)=S(=O)=O)[C@](N)(Cc2ccccc2)NC(=O)O)cc1. The van der Waals surface area contributed by atoms with Crippen molar-refractivity contribution in [3.63, 3.8) is 0 Å². The molecule has 1 aliphatic rings. The van der Waals surface area contributed by atoms with E-state index in [-0.39, 0.29) is 12.0 Å². The molecular weight excluding hydrogens is 448 g/mol. The molecule has 9 nitrogen and oxygen atoms in total. The average Bonchev–Trinajstić information content (AvgIpc) is 3.30. The summed E-state index contributed by atoms with van der Waals surface area (Å²) in [6, 6.07) is 14.5. The van der Waals surface area contributed by atoms with Gasteiger partial charge in [0.05, 0.1) is 13.2 Å². The zero-order chi connectivity index (χ0) is 24.1. The minimum Gasteiger partial charge on any atom is -0.497 e. The second kappa shape index (κ2) is 10.3. The van der Waals surface area contributed by atoms with Crippen LogP contribution in [0.4, 0.5) is 4.79 Å². The Kier molecular flexibility index (Phi) is 7.75. The Balaban J connectivity index is 2.23. The highest BCUT2D eigenvalue weighted by molar-refractivity contribution is 7.72. The highest BCUT2D eigenvalue weighted by Crippen LogP contribution is 2.37. The largest absolute Gasteiger partial charge is 0.497 e. The van der Waals surface area contributed by atoms with Crippen LogP contribution in [0.3, 0.4) is 0 Å². The zero-order valence-corrected chi connectivity index (χ0v) is 19.0. The van der Waals surface area contributed by atoms with Gasteiger partial charge < -0.3 is 25.4 Å². The number of rotatable bonds is 8. The van der Waals surface area contributed by atoms with Crippen LogP contribution < -0.4 is 15.8 Å². The molecular formula is C23H28N2O7S. The van der Waals surface area contributed by atoms with Crippen LogP contribution in [0.1, 0.15) is 36.8 Å². The van der Waals surface area contributed by atoms with Crippen molar-refractivity contribution < 1.29 is 32.9 Å². The van der Waals surface area contributed by atoms with E-state index in [1.807, 2.05) is 0 Å². The standard InChI is InChI=1S/C23H28N2O7S/c1-31-18-13-11-17(12-14-18)23(28,20(33(29)30)32-19-9-5-6-10-19)22(24,25-21(26)27)15-16-7-3-2-4-8-16/h2-4,7-8,11-14,19,25,28H,5-6,9-10,15,24H2,1H3,(H,26,27)/t22-,23-/m0/s1. The third-order valence-electron chi connectivity index (χ3n) is 5.83. The van der Waals surface area contributed by atoms with Crippen molar-refractivity contribution in [1.29, 1.82) is 0 Å². The van der Waals surface area contributed by atoms with Crippen molar-refractivity contribution in [3.8, 4) is 5.75 Å². The molecule has 2 atom stereocenters. The second-order valence-electron chi connectivity index (χ2n) is 8.05. The number of carboxylic acid groups (broad SMARTS) is 1. The number of nitrogens with one attached hydrogen (secondary N) is 1. The summed E-state index contributed by atoms with van der Waals surface area (Å²) in [5, 5.41) is 23.2. The first kappa shape index (κ1) is 24.7. The molecule has 1 amide bonds. The summed E-state index contributed by atoms with van der Waals surface area (Å²) in [5.74, 6) is 0.458. The maximum absolute atomic E-state index is 12.4. The number of ether oxygens (including phenoxy) is 2. The van der Waals surface area contributed by atoms with Crippen LogP contribution in [0.15, 0.2) is 54.6 Å². The number of nitrogens with two attached hydrogens (primary N) is 1. The Morgan fingerprint density at radius 1 is 1.12 bits per heavy atom. The minimum absolute atomic E-state index is 0.0349. The highest BCUT2D eigenvalue weighted by Gasteiger charge is 2.56. The maximum atomic E-state index is 12.4. The van der Waals surface area contributed by atoms with E-state index in [2.05, 4.69) is 5.32 Å². The van der Waals surface area contributed by atoms with E-state index in [1.54, 1.807) is 30.3 Å². The Bertz CT molecular complexity index is 1090. The van der Waals surface area contributed by atoms with Gasteiger partial charge in [-0.3, -0.25) is 5.32 Å². The van der Waals surface area contributed by atoms with E-state index in [9.17, 15) is 23.4 Å². The molecule has 0 saturated heterocycles. The molecule has 1 aliphatic carbocycles. The zero-order valence-electron chi connectivity index (χ0n) is 18.2. The molecule has 1 saturated carbocycles. The first-order valence-corrected chi connectivity index (χ1v) is 11.6. The molecule has 0 aliphatic heterocycles. The molecule has 0 radical (unpaired) electrons. The lowest BCUT2D eigenvalue weighted by atomic mass is 9.78. The third kappa shape index (κ3) is 5.36. The summed E-state index contributed by atoms with van der Waals surface area (Å²) in [7, 11) is -1.58. The molecule has 0 spiro atoms. The number of amides is 1. The fraction of sp³-hybridized carbons (Fsp3) is 0.391. The molecule has 0 aromatic heterocycles. The van der Waals surface area contributed by atoms with Crippen LogP contribution in [-0.2, 0) is 27.1 Å².